The van der Waals surface area contributed by atoms with Crippen molar-refractivity contribution < 1.29 is 29.4 Å². The minimum Gasteiger partial charge on any atom is -0.480 e. The van der Waals surface area contributed by atoms with Crippen LogP contribution in [-0.2, 0) is 15.9 Å². The van der Waals surface area contributed by atoms with Crippen molar-refractivity contribution in [1.29, 1.82) is 0 Å². The molecule has 0 aliphatic carbocycles. The summed E-state index contributed by atoms with van der Waals surface area (Å²) in [4.78, 5) is 29.6. The van der Waals surface area contributed by atoms with Gasteiger partial charge in [0.05, 0.1) is 6.10 Å². The summed E-state index contributed by atoms with van der Waals surface area (Å²) in [6, 6.07) is 6.62. The van der Waals surface area contributed by atoms with Crippen molar-refractivity contribution in [2.45, 2.75) is 25.6 Å². The van der Waals surface area contributed by atoms with Gasteiger partial charge in [0.25, 0.3) is 0 Å². The Hall–Kier alpha value is -1.24. The number of hydrogen-bond acceptors (Lipinski definition) is 3. The van der Waals surface area contributed by atoms with Crippen LogP contribution in [0.5, 0.6) is 0 Å². The predicted molar refractivity (Wildman–Crippen MR) is 67.1 cm³/mol. The molecule has 0 bridgehead atoms. The fourth-order valence-corrected chi connectivity index (χ4v) is 2.67. The number of carbonyl (C=O) groups is 1. The first-order valence-corrected chi connectivity index (χ1v) is 7.07. The Morgan fingerprint density at radius 2 is 1.84 bits per heavy atom. The zero-order valence-corrected chi connectivity index (χ0v) is 11.1. The summed E-state index contributed by atoms with van der Waals surface area (Å²) >= 11 is 0. The Morgan fingerprint density at radius 1 is 1.32 bits per heavy atom. The molecule has 106 valence electrons. The topological polar surface area (TPSA) is 118 Å². The van der Waals surface area contributed by atoms with Gasteiger partial charge in [0.15, 0.2) is 0 Å². The number of aliphatic hydroxyl groups is 1. The van der Waals surface area contributed by atoms with E-state index in [1.807, 2.05) is 0 Å². The van der Waals surface area contributed by atoms with Gasteiger partial charge in [0, 0.05) is 6.54 Å². The molecule has 0 radical (unpaired) electrons. The van der Waals surface area contributed by atoms with E-state index in [-0.39, 0.29) is 6.54 Å². The molecule has 7 nitrogen and oxygen atoms in total. The first-order valence-electron chi connectivity index (χ1n) is 5.51. The van der Waals surface area contributed by atoms with E-state index in [9.17, 15) is 24.3 Å². The number of carboxylic acids is 1. The fourth-order valence-electron chi connectivity index (χ4n) is 1.71. The van der Waals surface area contributed by atoms with Gasteiger partial charge in [-0.2, -0.15) is 4.67 Å². The molecule has 0 amide bonds. The van der Waals surface area contributed by atoms with Crippen LogP contribution in [0, 0.1) is 0 Å². The fraction of sp³-hybridized carbons (Fsp3) is 0.364. The Labute approximate surface area is 110 Å². The van der Waals surface area contributed by atoms with E-state index in [1.165, 1.54) is 6.92 Å². The number of aliphatic carboxylic acids is 1. The number of hydrogen-bond donors (Lipinski definition) is 4. The summed E-state index contributed by atoms with van der Waals surface area (Å²) < 4.78 is 11.9. The van der Waals surface area contributed by atoms with Gasteiger partial charge in [-0.15, -0.1) is 0 Å². The highest BCUT2D eigenvalue weighted by Gasteiger charge is 2.40. The summed E-state index contributed by atoms with van der Waals surface area (Å²) in [5, 5.41) is 18.4. The van der Waals surface area contributed by atoms with Gasteiger partial charge < -0.3 is 20.0 Å². The lowest BCUT2D eigenvalue weighted by Gasteiger charge is -2.30. The summed E-state index contributed by atoms with van der Waals surface area (Å²) in [5.74, 6) is -1.49. The maximum absolute atomic E-state index is 11.4. The molecule has 8 heteroatoms. The van der Waals surface area contributed by atoms with Crippen LogP contribution >= 0.6 is 7.75 Å². The zero-order valence-electron chi connectivity index (χ0n) is 10.2. The highest BCUT2D eigenvalue weighted by molar-refractivity contribution is 7.49. The summed E-state index contributed by atoms with van der Waals surface area (Å²) in [7, 11) is -4.81. The van der Waals surface area contributed by atoms with Crippen molar-refractivity contribution >= 4 is 13.7 Å². The first-order chi connectivity index (χ1) is 8.73. The van der Waals surface area contributed by atoms with Crippen LogP contribution in [0.1, 0.15) is 12.5 Å². The maximum atomic E-state index is 11.4. The Bertz CT molecular complexity index is 471. The van der Waals surface area contributed by atoms with Gasteiger partial charge >= 0.3 is 13.7 Å². The molecule has 0 heterocycles. The summed E-state index contributed by atoms with van der Waals surface area (Å²) in [6.45, 7) is 0.902. The van der Waals surface area contributed by atoms with Gasteiger partial charge in [-0.3, -0.25) is 4.79 Å². The zero-order chi connectivity index (χ0) is 14.6. The largest absolute Gasteiger partial charge is 0.480 e. The van der Waals surface area contributed by atoms with Crippen LogP contribution in [0.3, 0.4) is 0 Å². The van der Waals surface area contributed by atoms with Crippen molar-refractivity contribution in [2.75, 3.05) is 0 Å². The Balaban J connectivity index is 3.08. The summed E-state index contributed by atoms with van der Waals surface area (Å²) in [5.41, 5.74) is 0.540. The molecule has 0 fully saturated rings. The second-order valence-corrected chi connectivity index (χ2v) is 5.66. The van der Waals surface area contributed by atoms with E-state index in [2.05, 4.69) is 0 Å². The third kappa shape index (κ3) is 4.41. The average Bonchev–Trinajstić information content (AvgIpc) is 2.27. The monoisotopic (exact) mass is 289 g/mol. The number of nitrogens with zero attached hydrogens (tertiary/aromatic N) is 1. The standard InChI is InChI=1S/C11H16NO6P/c1-8(13)10(11(14)15)12(19(16,17)18)7-9-5-3-2-4-6-9/h2-6,8,10,13H,7H2,1H3,(H,14,15)(H2,16,17,18). The molecule has 0 aromatic heterocycles. The van der Waals surface area contributed by atoms with E-state index in [0.717, 1.165) is 0 Å². The van der Waals surface area contributed by atoms with E-state index >= 15 is 0 Å². The number of aliphatic hydroxyl groups excluding tert-OH is 1. The molecule has 4 N–H and O–H groups in total. The molecule has 0 spiro atoms. The smallest absolute Gasteiger partial charge is 0.404 e. The van der Waals surface area contributed by atoms with Crippen molar-refractivity contribution in [1.82, 2.24) is 4.67 Å². The van der Waals surface area contributed by atoms with Crippen molar-refractivity contribution in [3.05, 3.63) is 35.9 Å². The van der Waals surface area contributed by atoms with Gasteiger partial charge in [-0.05, 0) is 12.5 Å². The van der Waals surface area contributed by atoms with Crippen LogP contribution in [0.25, 0.3) is 0 Å². The lowest BCUT2D eigenvalue weighted by atomic mass is 10.1. The van der Waals surface area contributed by atoms with Crippen LogP contribution in [0.2, 0.25) is 0 Å². The quantitative estimate of drug-likeness (QED) is 0.560. The molecule has 1 rings (SSSR count). The molecule has 0 aliphatic rings. The van der Waals surface area contributed by atoms with Crippen molar-refractivity contribution in [3.8, 4) is 0 Å². The lowest BCUT2D eigenvalue weighted by Crippen LogP contribution is -2.45. The van der Waals surface area contributed by atoms with Crippen LogP contribution in [0.15, 0.2) is 30.3 Å². The highest BCUT2D eigenvalue weighted by Crippen LogP contribution is 2.43. The van der Waals surface area contributed by atoms with Crippen molar-refractivity contribution in [3.63, 3.8) is 0 Å². The number of rotatable bonds is 6. The Kier molecular flexibility index (Phi) is 5.22. The van der Waals surface area contributed by atoms with Gasteiger partial charge in [0.1, 0.15) is 6.04 Å². The van der Waals surface area contributed by atoms with Crippen molar-refractivity contribution in [2.24, 2.45) is 0 Å². The second-order valence-electron chi connectivity index (χ2n) is 4.12. The molecular weight excluding hydrogens is 273 g/mol. The van der Waals surface area contributed by atoms with Crippen LogP contribution in [-0.4, -0.2) is 42.8 Å². The predicted octanol–water partition coefficient (Wildman–Crippen LogP) is 0.415. The lowest BCUT2D eigenvalue weighted by molar-refractivity contribution is -0.145. The van der Waals surface area contributed by atoms with E-state index in [0.29, 0.717) is 10.2 Å². The van der Waals surface area contributed by atoms with E-state index in [4.69, 9.17) is 5.11 Å². The minimum atomic E-state index is -4.81. The van der Waals surface area contributed by atoms with E-state index < -0.39 is 25.9 Å². The second kappa shape index (κ2) is 6.27. The third-order valence-corrected chi connectivity index (χ3v) is 3.61. The molecule has 0 saturated carbocycles. The van der Waals surface area contributed by atoms with Gasteiger partial charge in [-0.1, -0.05) is 30.3 Å². The maximum Gasteiger partial charge on any atom is 0.404 e. The molecule has 1 aromatic carbocycles. The van der Waals surface area contributed by atoms with Gasteiger partial charge in [0.2, 0.25) is 0 Å². The molecule has 0 aliphatic heterocycles. The molecule has 2 atom stereocenters. The SMILES string of the molecule is CC(O)C(C(=O)O)N(Cc1ccccc1)P(=O)(O)O. The summed E-state index contributed by atoms with van der Waals surface area (Å²) in [6.07, 6.45) is -1.42. The van der Waals surface area contributed by atoms with Gasteiger partial charge in [-0.25, -0.2) is 4.57 Å². The van der Waals surface area contributed by atoms with Crippen LogP contribution < -0.4 is 0 Å². The average molecular weight is 289 g/mol. The molecule has 0 saturated heterocycles. The van der Waals surface area contributed by atoms with Crippen LogP contribution in [0.4, 0.5) is 0 Å². The number of carboxylic acid groups (broad SMARTS) is 1. The minimum absolute atomic E-state index is 0.271. The highest BCUT2D eigenvalue weighted by atomic mass is 31.2. The molecular formula is C11H16NO6P. The molecule has 19 heavy (non-hydrogen) atoms. The Morgan fingerprint density at radius 3 is 2.21 bits per heavy atom. The van der Waals surface area contributed by atoms with E-state index in [1.54, 1.807) is 30.3 Å². The third-order valence-electron chi connectivity index (χ3n) is 2.55. The number of benzene rings is 1. The molecule has 1 aromatic rings. The molecule has 2 unspecified atom stereocenters. The first kappa shape index (κ1) is 15.8. The normalized spacial score (nSPS) is 15.2.